The fourth-order valence-corrected chi connectivity index (χ4v) is 7.03. The van der Waals surface area contributed by atoms with Crippen LogP contribution in [-0.4, -0.2) is 76.9 Å². The van der Waals surface area contributed by atoms with Gasteiger partial charge >= 0.3 is 12.2 Å². The molecule has 0 aliphatic carbocycles. The average Bonchev–Trinajstić information content (AvgIpc) is 3.08. The molecule has 35 heavy (non-hydrogen) atoms. The normalized spacial score (nSPS) is 28.1. The van der Waals surface area contributed by atoms with Crippen LogP contribution in [0.25, 0.3) is 0 Å². The number of amides is 2. The molecular weight excluding hydrogens is 442 g/mol. The third kappa shape index (κ3) is 4.76. The fraction of sp³-hybridized carbons (Fsp3) is 0.714. The van der Waals surface area contributed by atoms with Gasteiger partial charge in [0.15, 0.2) is 0 Å². The van der Waals surface area contributed by atoms with E-state index in [9.17, 15) is 9.59 Å². The van der Waals surface area contributed by atoms with Gasteiger partial charge in [-0.15, -0.1) is 0 Å². The Hall–Kier alpha value is -2.28. The van der Waals surface area contributed by atoms with Crippen molar-refractivity contribution >= 4 is 12.2 Å². The molecule has 3 atom stereocenters. The van der Waals surface area contributed by atoms with Crippen molar-refractivity contribution < 1.29 is 19.1 Å². The van der Waals surface area contributed by atoms with Crippen LogP contribution in [0.2, 0.25) is 0 Å². The molecule has 4 heterocycles. The van der Waals surface area contributed by atoms with Gasteiger partial charge < -0.3 is 24.2 Å². The highest BCUT2D eigenvalue weighted by atomic mass is 16.6. The minimum atomic E-state index is -0.498. The fourth-order valence-electron chi connectivity index (χ4n) is 7.03. The number of benzene rings is 1. The van der Waals surface area contributed by atoms with Gasteiger partial charge in [0.05, 0.1) is 6.61 Å². The van der Waals surface area contributed by atoms with E-state index >= 15 is 0 Å². The molecule has 1 aromatic rings. The zero-order valence-electron chi connectivity index (χ0n) is 21.8. The van der Waals surface area contributed by atoms with Crippen LogP contribution >= 0.6 is 0 Å². The van der Waals surface area contributed by atoms with E-state index < -0.39 is 5.60 Å². The van der Waals surface area contributed by atoms with Crippen LogP contribution in [0.15, 0.2) is 24.3 Å². The van der Waals surface area contributed by atoms with Gasteiger partial charge in [0.2, 0.25) is 0 Å². The maximum Gasteiger partial charge on any atom is 0.410 e. The molecule has 5 rings (SSSR count). The van der Waals surface area contributed by atoms with Crippen molar-refractivity contribution in [1.29, 1.82) is 0 Å². The maximum atomic E-state index is 13.0. The quantitative estimate of drug-likeness (QED) is 0.597. The van der Waals surface area contributed by atoms with Crippen molar-refractivity contribution in [3.63, 3.8) is 0 Å². The third-order valence-electron chi connectivity index (χ3n) is 8.55. The third-order valence-corrected chi connectivity index (χ3v) is 8.55. The van der Waals surface area contributed by atoms with Crippen LogP contribution in [0.3, 0.4) is 0 Å². The van der Waals surface area contributed by atoms with Crippen molar-refractivity contribution in [2.45, 2.75) is 102 Å². The van der Waals surface area contributed by atoms with Gasteiger partial charge in [-0.05, 0) is 90.4 Å². The lowest BCUT2D eigenvalue weighted by atomic mass is 9.68. The van der Waals surface area contributed by atoms with E-state index in [4.69, 9.17) is 9.47 Å². The van der Waals surface area contributed by atoms with Crippen LogP contribution in [0, 0.1) is 0 Å². The summed E-state index contributed by atoms with van der Waals surface area (Å²) in [5.74, 6) is 0. The highest BCUT2D eigenvalue weighted by molar-refractivity contribution is 5.69. The molecule has 2 unspecified atom stereocenters. The number of fused-ring (bicyclic) bond motifs is 4. The van der Waals surface area contributed by atoms with E-state index in [1.807, 2.05) is 37.5 Å². The minimum absolute atomic E-state index is 0.0210. The van der Waals surface area contributed by atoms with Crippen LogP contribution < -0.4 is 0 Å². The Labute approximate surface area is 209 Å². The molecule has 0 aromatic heterocycles. The van der Waals surface area contributed by atoms with Crippen LogP contribution in [0.5, 0.6) is 0 Å². The molecule has 192 valence electrons. The predicted octanol–water partition coefficient (Wildman–Crippen LogP) is 4.92. The standard InChI is InChI=1S/C28H41N3O4/c1-5-34-26(33)31-21-10-11-22(31)17-23(16-21)29-14-12-28(13-15-29)19-30(25(32)35-27(2,3)4)18-20-8-6-7-9-24(20)28/h6-9,21-23H,5,10-19H2,1-4H3/t21-,22?,23?/m0/s1. The first kappa shape index (κ1) is 24.4. The summed E-state index contributed by atoms with van der Waals surface area (Å²) in [6.07, 6.45) is 6.01. The van der Waals surface area contributed by atoms with Gasteiger partial charge in [0.25, 0.3) is 0 Å². The Morgan fingerprint density at radius 3 is 2.29 bits per heavy atom. The Kier molecular flexibility index (Phi) is 6.49. The Bertz CT molecular complexity index is 936. The summed E-state index contributed by atoms with van der Waals surface area (Å²) >= 11 is 0. The zero-order valence-corrected chi connectivity index (χ0v) is 21.8. The first-order valence-electron chi connectivity index (χ1n) is 13.4. The van der Waals surface area contributed by atoms with Gasteiger partial charge in [-0.1, -0.05) is 24.3 Å². The van der Waals surface area contributed by atoms with E-state index in [0.717, 1.165) is 58.2 Å². The molecule has 1 aromatic carbocycles. The Balaban J connectivity index is 1.28. The van der Waals surface area contributed by atoms with Gasteiger partial charge in [-0.2, -0.15) is 0 Å². The summed E-state index contributed by atoms with van der Waals surface area (Å²) in [5, 5.41) is 0. The number of carbonyl (C=O) groups excluding carboxylic acids is 2. The summed E-state index contributed by atoms with van der Waals surface area (Å²) < 4.78 is 11.1. The van der Waals surface area contributed by atoms with Crippen LogP contribution in [0.1, 0.15) is 77.3 Å². The van der Waals surface area contributed by atoms with Crippen LogP contribution in [-0.2, 0) is 21.4 Å². The molecule has 2 bridgehead atoms. The van der Waals surface area contributed by atoms with Crippen molar-refractivity contribution in [1.82, 2.24) is 14.7 Å². The van der Waals surface area contributed by atoms with Crippen molar-refractivity contribution in [3.05, 3.63) is 35.4 Å². The number of hydrogen-bond donors (Lipinski definition) is 0. The summed E-state index contributed by atoms with van der Waals surface area (Å²) in [6.45, 7) is 11.5. The van der Waals surface area contributed by atoms with E-state index in [0.29, 0.717) is 31.3 Å². The Morgan fingerprint density at radius 1 is 1.00 bits per heavy atom. The second-order valence-electron chi connectivity index (χ2n) is 11.9. The topological polar surface area (TPSA) is 62.3 Å². The molecular formula is C28H41N3O4. The molecule has 1 spiro atoms. The highest BCUT2D eigenvalue weighted by Crippen LogP contribution is 2.44. The molecule has 3 saturated heterocycles. The van der Waals surface area contributed by atoms with Gasteiger partial charge in [-0.25, -0.2) is 9.59 Å². The van der Waals surface area contributed by atoms with E-state index in [-0.39, 0.29) is 17.6 Å². The number of nitrogens with zero attached hydrogens (tertiary/aromatic N) is 3. The molecule has 7 heteroatoms. The SMILES string of the molecule is CCOC(=O)N1C2CC[C@H]1CC(N1CCC3(CC1)CN(C(=O)OC(C)(C)C)Cc1ccccc13)C2. The molecule has 4 aliphatic rings. The second-order valence-corrected chi connectivity index (χ2v) is 11.9. The Morgan fingerprint density at radius 2 is 1.66 bits per heavy atom. The summed E-state index contributed by atoms with van der Waals surface area (Å²) in [5.41, 5.74) is 2.14. The van der Waals surface area contributed by atoms with E-state index in [1.54, 1.807) is 0 Å². The molecule has 4 aliphatic heterocycles. The highest BCUT2D eigenvalue weighted by Gasteiger charge is 2.48. The predicted molar refractivity (Wildman–Crippen MR) is 134 cm³/mol. The molecule has 0 radical (unpaired) electrons. The lowest BCUT2D eigenvalue weighted by Crippen LogP contribution is -2.58. The zero-order chi connectivity index (χ0) is 24.8. The van der Waals surface area contributed by atoms with E-state index in [2.05, 4.69) is 29.2 Å². The number of piperidine rings is 2. The maximum absolute atomic E-state index is 13.0. The molecule has 0 saturated carbocycles. The largest absolute Gasteiger partial charge is 0.450 e. The minimum Gasteiger partial charge on any atom is -0.450 e. The molecule has 0 N–H and O–H groups in total. The second kappa shape index (κ2) is 9.30. The number of hydrogen-bond acceptors (Lipinski definition) is 5. The van der Waals surface area contributed by atoms with Crippen molar-refractivity contribution in [2.24, 2.45) is 0 Å². The number of carbonyl (C=O) groups is 2. The lowest BCUT2D eigenvalue weighted by molar-refractivity contribution is 0.00143. The molecule has 7 nitrogen and oxygen atoms in total. The smallest absolute Gasteiger partial charge is 0.410 e. The molecule has 3 fully saturated rings. The summed E-state index contributed by atoms with van der Waals surface area (Å²) in [7, 11) is 0. The number of likely N-dealkylation sites (tertiary alicyclic amines) is 1. The number of ether oxygens (including phenoxy) is 2. The van der Waals surface area contributed by atoms with Gasteiger partial charge in [-0.3, -0.25) is 0 Å². The van der Waals surface area contributed by atoms with Crippen molar-refractivity contribution in [2.75, 3.05) is 26.2 Å². The molecule has 2 amide bonds. The first-order valence-corrected chi connectivity index (χ1v) is 13.4. The lowest BCUT2D eigenvalue weighted by Gasteiger charge is -2.51. The van der Waals surface area contributed by atoms with Gasteiger partial charge in [0.1, 0.15) is 5.60 Å². The summed E-state index contributed by atoms with van der Waals surface area (Å²) in [6, 6.07) is 9.81. The van der Waals surface area contributed by atoms with E-state index in [1.165, 1.54) is 11.1 Å². The number of rotatable bonds is 2. The average molecular weight is 484 g/mol. The van der Waals surface area contributed by atoms with Crippen molar-refractivity contribution in [3.8, 4) is 0 Å². The van der Waals surface area contributed by atoms with Gasteiger partial charge in [0, 0.05) is 36.6 Å². The van der Waals surface area contributed by atoms with Crippen LogP contribution in [0.4, 0.5) is 9.59 Å². The summed E-state index contributed by atoms with van der Waals surface area (Å²) in [4.78, 5) is 32.1. The first-order chi connectivity index (χ1) is 16.7. The monoisotopic (exact) mass is 483 g/mol.